The van der Waals surface area contributed by atoms with Crippen molar-refractivity contribution < 1.29 is 18.7 Å². The van der Waals surface area contributed by atoms with Crippen molar-refractivity contribution in [3.05, 3.63) is 56.2 Å². The molecule has 0 heterocycles. The molecule has 0 N–H and O–H groups in total. The minimum Gasteiger partial charge on any atom is -0.495 e. The highest BCUT2D eigenvalue weighted by Crippen LogP contribution is 2.41. The Kier molecular flexibility index (Phi) is 5.58. The predicted molar refractivity (Wildman–Crippen MR) is 89.1 cm³/mol. The molecule has 0 saturated carbocycles. The largest absolute Gasteiger partial charge is 0.495 e. The Morgan fingerprint density at radius 2 is 1.82 bits per heavy atom. The summed E-state index contributed by atoms with van der Waals surface area (Å²) in [7, 11) is 1.42. The van der Waals surface area contributed by atoms with Gasteiger partial charge < -0.3 is 9.47 Å². The molecule has 0 fully saturated rings. The zero-order valence-electron chi connectivity index (χ0n) is 12.0. The monoisotopic (exact) mass is 430 g/mol. The van der Waals surface area contributed by atoms with Crippen molar-refractivity contribution in [3.63, 3.8) is 0 Å². The summed E-state index contributed by atoms with van der Waals surface area (Å²) in [6, 6.07) is 8.61. The van der Waals surface area contributed by atoms with Crippen molar-refractivity contribution in [1.29, 1.82) is 0 Å². The first kappa shape index (κ1) is 17.0. The van der Waals surface area contributed by atoms with Gasteiger partial charge in [-0.1, -0.05) is 25.1 Å². The number of carbonyl (C=O) groups excluding carboxylic acids is 1. The highest BCUT2D eigenvalue weighted by Gasteiger charge is 2.27. The lowest BCUT2D eigenvalue weighted by atomic mass is 10.0. The van der Waals surface area contributed by atoms with Gasteiger partial charge in [0, 0.05) is 5.56 Å². The fourth-order valence-electron chi connectivity index (χ4n) is 2.07. The van der Waals surface area contributed by atoms with E-state index in [-0.39, 0.29) is 21.3 Å². The molecule has 2 aromatic rings. The minimum atomic E-state index is -0.660. The second-order valence-corrected chi connectivity index (χ2v) is 5.97. The van der Waals surface area contributed by atoms with E-state index in [0.29, 0.717) is 16.6 Å². The van der Waals surface area contributed by atoms with E-state index in [1.54, 1.807) is 31.2 Å². The Bertz CT molecular complexity index is 671. The number of rotatable bonds is 4. The summed E-state index contributed by atoms with van der Waals surface area (Å²) in [5.74, 6) is -0.538. The van der Waals surface area contributed by atoms with E-state index in [9.17, 15) is 9.18 Å². The maximum Gasteiger partial charge on any atom is 0.347 e. The van der Waals surface area contributed by atoms with Crippen molar-refractivity contribution in [2.75, 3.05) is 7.11 Å². The van der Waals surface area contributed by atoms with Crippen LogP contribution in [0.15, 0.2) is 39.3 Å². The summed E-state index contributed by atoms with van der Waals surface area (Å²) in [6.07, 6.45) is 0.327. The van der Waals surface area contributed by atoms with Crippen LogP contribution in [0.25, 0.3) is 0 Å². The van der Waals surface area contributed by atoms with Gasteiger partial charge in [-0.3, -0.25) is 0 Å². The molecule has 6 heteroatoms. The number of para-hydroxylation sites is 1. The van der Waals surface area contributed by atoms with Crippen LogP contribution in [0.3, 0.4) is 0 Å². The zero-order valence-corrected chi connectivity index (χ0v) is 15.1. The average Bonchev–Trinajstić information content (AvgIpc) is 2.53. The van der Waals surface area contributed by atoms with Crippen molar-refractivity contribution in [3.8, 4) is 11.5 Å². The molecule has 0 aliphatic rings. The molecule has 2 aromatic carbocycles. The van der Waals surface area contributed by atoms with E-state index in [0.717, 1.165) is 0 Å². The topological polar surface area (TPSA) is 35.5 Å². The van der Waals surface area contributed by atoms with Crippen molar-refractivity contribution in [2.24, 2.45) is 0 Å². The normalized spacial score (nSPS) is 10.4. The fourth-order valence-corrected chi connectivity index (χ4v) is 3.02. The Morgan fingerprint density at radius 3 is 2.36 bits per heavy atom. The molecule has 0 amide bonds. The van der Waals surface area contributed by atoms with E-state index >= 15 is 0 Å². The molecular formula is C16H13Br2FO3. The van der Waals surface area contributed by atoms with Crippen LogP contribution in [-0.4, -0.2) is 13.1 Å². The molecule has 0 radical (unpaired) electrons. The molecule has 0 saturated heterocycles. The van der Waals surface area contributed by atoms with Gasteiger partial charge in [-0.15, -0.1) is 0 Å². The minimum absolute atomic E-state index is 0.0847. The van der Waals surface area contributed by atoms with E-state index in [1.165, 1.54) is 7.11 Å². The van der Waals surface area contributed by atoms with Gasteiger partial charge in [0.25, 0.3) is 0 Å². The lowest BCUT2D eigenvalue weighted by Crippen LogP contribution is -2.15. The third kappa shape index (κ3) is 3.17. The van der Waals surface area contributed by atoms with Crippen molar-refractivity contribution in [2.45, 2.75) is 13.3 Å². The molecule has 3 nitrogen and oxygen atoms in total. The molecule has 2 rings (SSSR count). The Balaban J connectivity index is 2.55. The van der Waals surface area contributed by atoms with Crippen LogP contribution in [-0.2, 0) is 6.42 Å². The molecule has 0 atom stereocenters. The summed E-state index contributed by atoms with van der Waals surface area (Å²) in [5.41, 5.74) is 0.328. The molecule has 0 unspecified atom stereocenters. The standard InChI is InChI=1S/C16H13Br2FO3/c1-3-10-11(15(21-2)13(18)12(17)14(10)19)16(20)22-9-7-5-4-6-8-9/h4-8H,3H2,1-2H3. The number of ether oxygens (including phenoxy) is 2. The van der Waals surface area contributed by atoms with Crippen LogP contribution in [0.1, 0.15) is 22.8 Å². The first-order valence-electron chi connectivity index (χ1n) is 6.51. The van der Waals surface area contributed by atoms with Crippen LogP contribution in [0.5, 0.6) is 11.5 Å². The SMILES string of the molecule is CCc1c(F)c(Br)c(Br)c(OC)c1C(=O)Oc1ccccc1. The molecule has 116 valence electrons. The fraction of sp³-hybridized carbons (Fsp3) is 0.188. The molecular weight excluding hydrogens is 419 g/mol. The quantitative estimate of drug-likeness (QED) is 0.382. The van der Waals surface area contributed by atoms with Crippen molar-refractivity contribution >= 4 is 37.8 Å². The van der Waals surface area contributed by atoms with Gasteiger partial charge in [-0.25, -0.2) is 9.18 Å². The van der Waals surface area contributed by atoms with E-state index in [4.69, 9.17) is 9.47 Å². The molecule has 0 aliphatic carbocycles. The van der Waals surface area contributed by atoms with Gasteiger partial charge in [0.2, 0.25) is 0 Å². The predicted octanol–water partition coefficient (Wildman–Crippen LogP) is 5.14. The average molecular weight is 432 g/mol. The lowest BCUT2D eigenvalue weighted by molar-refractivity contribution is 0.0729. The third-order valence-electron chi connectivity index (χ3n) is 3.09. The Hall–Kier alpha value is -1.40. The molecule has 0 spiro atoms. The highest BCUT2D eigenvalue weighted by molar-refractivity contribution is 9.13. The molecule has 0 bridgehead atoms. The maximum absolute atomic E-state index is 14.4. The number of hydrogen-bond acceptors (Lipinski definition) is 3. The van der Waals surface area contributed by atoms with Crippen LogP contribution >= 0.6 is 31.9 Å². The van der Waals surface area contributed by atoms with E-state index in [2.05, 4.69) is 31.9 Å². The van der Waals surface area contributed by atoms with Crippen molar-refractivity contribution in [1.82, 2.24) is 0 Å². The third-order valence-corrected chi connectivity index (χ3v) is 5.13. The summed E-state index contributed by atoms with van der Waals surface area (Å²) in [4.78, 5) is 12.5. The number of halogens is 3. The Morgan fingerprint density at radius 1 is 1.18 bits per heavy atom. The van der Waals surface area contributed by atoms with Gasteiger partial charge in [0.05, 0.1) is 16.1 Å². The number of hydrogen-bond donors (Lipinski definition) is 0. The number of carbonyl (C=O) groups is 1. The van der Waals surface area contributed by atoms with E-state index in [1.807, 2.05) is 6.07 Å². The highest BCUT2D eigenvalue weighted by atomic mass is 79.9. The van der Waals surface area contributed by atoms with Gasteiger partial charge in [0.15, 0.2) is 0 Å². The number of esters is 1. The molecule has 0 aliphatic heterocycles. The zero-order chi connectivity index (χ0) is 16.3. The Labute approximate surface area is 144 Å². The summed E-state index contributed by atoms with van der Waals surface area (Å²) < 4.78 is 25.5. The first-order valence-corrected chi connectivity index (χ1v) is 8.10. The number of methoxy groups -OCH3 is 1. The van der Waals surface area contributed by atoms with Gasteiger partial charge in [-0.2, -0.15) is 0 Å². The second kappa shape index (κ2) is 7.24. The summed E-state index contributed by atoms with van der Waals surface area (Å²) in [5, 5.41) is 0. The first-order chi connectivity index (χ1) is 10.5. The summed E-state index contributed by atoms with van der Waals surface area (Å²) >= 11 is 6.40. The van der Waals surface area contributed by atoms with Crippen LogP contribution in [0, 0.1) is 5.82 Å². The van der Waals surface area contributed by atoms with Gasteiger partial charge in [0.1, 0.15) is 22.9 Å². The smallest absolute Gasteiger partial charge is 0.347 e. The molecule has 22 heavy (non-hydrogen) atoms. The van der Waals surface area contributed by atoms with Crippen LogP contribution < -0.4 is 9.47 Å². The second-order valence-electron chi connectivity index (χ2n) is 4.38. The molecule has 0 aromatic heterocycles. The van der Waals surface area contributed by atoms with Crippen LogP contribution in [0.2, 0.25) is 0 Å². The van der Waals surface area contributed by atoms with Gasteiger partial charge in [-0.05, 0) is 50.4 Å². The maximum atomic E-state index is 14.4. The van der Waals surface area contributed by atoms with E-state index < -0.39 is 11.8 Å². The number of benzene rings is 2. The van der Waals surface area contributed by atoms with Crippen LogP contribution in [0.4, 0.5) is 4.39 Å². The lowest BCUT2D eigenvalue weighted by Gasteiger charge is -2.16. The summed E-state index contributed by atoms with van der Waals surface area (Å²) in [6.45, 7) is 1.76. The van der Waals surface area contributed by atoms with Gasteiger partial charge >= 0.3 is 5.97 Å².